The average molecular weight is 424 g/mol. The molecule has 30 heavy (non-hydrogen) atoms. The molecule has 1 saturated carbocycles. The zero-order chi connectivity index (χ0) is 21.0. The summed E-state index contributed by atoms with van der Waals surface area (Å²) < 4.78 is 5.76. The quantitative estimate of drug-likeness (QED) is 0.440. The van der Waals surface area contributed by atoms with Crippen LogP contribution in [0.1, 0.15) is 60.2 Å². The van der Waals surface area contributed by atoms with E-state index in [1.165, 1.54) is 11.3 Å². The first-order chi connectivity index (χ1) is 14.5. The third-order valence-electron chi connectivity index (χ3n) is 6.52. The van der Waals surface area contributed by atoms with Crippen molar-refractivity contribution in [2.75, 3.05) is 0 Å². The molecule has 2 fully saturated rings. The second-order valence-electron chi connectivity index (χ2n) is 8.57. The first-order valence-electron chi connectivity index (χ1n) is 10.6. The van der Waals surface area contributed by atoms with E-state index in [4.69, 9.17) is 4.74 Å². The summed E-state index contributed by atoms with van der Waals surface area (Å²) >= 11 is 1.54. The molecule has 5 rings (SSSR count). The summed E-state index contributed by atoms with van der Waals surface area (Å²) in [6.07, 6.45) is 4.79. The molecule has 2 aromatic rings. The van der Waals surface area contributed by atoms with E-state index in [-0.39, 0.29) is 23.5 Å². The number of thiophene rings is 1. The number of aliphatic hydroxyl groups is 1. The predicted molar refractivity (Wildman–Crippen MR) is 116 cm³/mol. The first kappa shape index (κ1) is 19.4. The van der Waals surface area contributed by atoms with Crippen LogP contribution in [0.25, 0.3) is 5.76 Å². The monoisotopic (exact) mass is 423 g/mol. The summed E-state index contributed by atoms with van der Waals surface area (Å²) in [5.41, 5.74) is 2.83. The number of ketones is 1. The highest BCUT2D eigenvalue weighted by atomic mass is 32.1. The molecule has 1 amide bonds. The van der Waals surface area contributed by atoms with Gasteiger partial charge in [-0.3, -0.25) is 9.59 Å². The van der Waals surface area contributed by atoms with Crippen LogP contribution in [0.3, 0.4) is 0 Å². The molecule has 3 aliphatic rings. The molecule has 1 N–H and O–H groups in total. The molecule has 2 unspecified atom stereocenters. The van der Waals surface area contributed by atoms with Gasteiger partial charge in [0.05, 0.1) is 5.57 Å². The van der Waals surface area contributed by atoms with Gasteiger partial charge in [0.25, 0.3) is 11.7 Å². The van der Waals surface area contributed by atoms with Crippen LogP contribution in [-0.2, 0) is 16.0 Å². The van der Waals surface area contributed by atoms with Gasteiger partial charge in [0.1, 0.15) is 23.7 Å². The Balaban J connectivity index is 1.65. The predicted octanol–water partition coefficient (Wildman–Crippen LogP) is 4.74. The van der Waals surface area contributed by atoms with Crippen LogP contribution < -0.4 is 4.74 Å². The fourth-order valence-electron chi connectivity index (χ4n) is 5.06. The highest BCUT2D eigenvalue weighted by molar-refractivity contribution is 7.10. The molecule has 2 aliphatic heterocycles. The minimum absolute atomic E-state index is 0.0486. The molecule has 1 aromatic carbocycles. The number of rotatable bonds is 3. The van der Waals surface area contributed by atoms with Gasteiger partial charge < -0.3 is 14.7 Å². The van der Waals surface area contributed by atoms with Gasteiger partial charge in [0, 0.05) is 22.9 Å². The van der Waals surface area contributed by atoms with Crippen molar-refractivity contribution in [1.29, 1.82) is 0 Å². The van der Waals surface area contributed by atoms with Crippen LogP contribution in [0, 0.1) is 6.92 Å². The number of aliphatic hydroxyl groups excluding tert-OH is 1. The summed E-state index contributed by atoms with van der Waals surface area (Å²) in [4.78, 5) is 29.0. The van der Waals surface area contributed by atoms with E-state index >= 15 is 0 Å². The van der Waals surface area contributed by atoms with Crippen molar-refractivity contribution in [3.8, 4) is 5.75 Å². The number of hydrogen-bond acceptors (Lipinski definition) is 5. The molecule has 1 aromatic heterocycles. The van der Waals surface area contributed by atoms with E-state index in [1.54, 1.807) is 11.0 Å². The molecule has 156 valence electrons. The zero-order valence-electron chi connectivity index (χ0n) is 17.2. The smallest absolute Gasteiger partial charge is 0.295 e. The lowest BCUT2D eigenvalue weighted by Crippen LogP contribution is -2.37. The summed E-state index contributed by atoms with van der Waals surface area (Å²) in [5, 5.41) is 13.2. The fourth-order valence-corrected chi connectivity index (χ4v) is 6.09. The standard InChI is InChI=1S/C24H25NO4S/c1-13-9-10-30-23(13)20-19(22(27)24(28)25(20)17-5-3-4-6-17)21(26)15-7-8-18-16(12-15)11-14(2)29-18/h7-10,12,14,17,20,26H,3-6,11H2,1-2H3/b21-19-. The van der Waals surface area contributed by atoms with E-state index in [0.717, 1.165) is 53.9 Å². The molecular formula is C24H25NO4S. The second-order valence-corrected chi connectivity index (χ2v) is 9.52. The molecule has 1 saturated heterocycles. The number of amides is 1. The SMILES string of the molecule is Cc1ccsc1C1/C(=C(/O)c2ccc3c(c2)CC(C)O3)C(=O)C(=O)N1C1CCCC1. The summed E-state index contributed by atoms with van der Waals surface area (Å²) in [5.74, 6) is -0.341. The third kappa shape index (κ3) is 2.97. The second kappa shape index (κ2) is 7.27. The van der Waals surface area contributed by atoms with Crippen LogP contribution in [-0.4, -0.2) is 33.8 Å². The number of carbonyl (C=O) groups is 2. The van der Waals surface area contributed by atoms with Crippen molar-refractivity contribution in [1.82, 2.24) is 4.90 Å². The van der Waals surface area contributed by atoms with Crippen LogP contribution in [0.2, 0.25) is 0 Å². The molecule has 6 heteroatoms. The maximum absolute atomic E-state index is 13.2. The normalized spacial score (nSPS) is 25.7. The Morgan fingerprint density at radius 1 is 1.20 bits per heavy atom. The van der Waals surface area contributed by atoms with E-state index in [1.807, 2.05) is 37.4 Å². The molecule has 5 nitrogen and oxygen atoms in total. The summed E-state index contributed by atoms with van der Waals surface area (Å²) in [6, 6.07) is 7.03. The Kier molecular flexibility index (Phi) is 4.69. The lowest BCUT2D eigenvalue weighted by atomic mass is 9.96. The van der Waals surface area contributed by atoms with Gasteiger partial charge in [-0.05, 0) is 67.5 Å². The number of carbonyl (C=O) groups excluding carboxylic acids is 2. The van der Waals surface area contributed by atoms with E-state index in [0.29, 0.717) is 5.56 Å². The number of hydrogen-bond donors (Lipinski definition) is 1. The topological polar surface area (TPSA) is 66.8 Å². The van der Waals surface area contributed by atoms with Crippen molar-refractivity contribution in [2.24, 2.45) is 0 Å². The minimum Gasteiger partial charge on any atom is -0.507 e. The number of nitrogens with zero attached hydrogens (tertiary/aromatic N) is 1. The highest BCUT2D eigenvalue weighted by Gasteiger charge is 2.50. The Labute approximate surface area is 180 Å². The Morgan fingerprint density at radius 2 is 1.97 bits per heavy atom. The Hall–Kier alpha value is -2.60. The van der Waals surface area contributed by atoms with E-state index in [2.05, 4.69) is 0 Å². The molecule has 0 radical (unpaired) electrons. The fraction of sp³-hybridized carbons (Fsp3) is 0.417. The van der Waals surface area contributed by atoms with E-state index in [9.17, 15) is 14.7 Å². The number of likely N-dealkylation sites (tertiary alicyclic amines) is 1. The van der Waals surface area contributed by atoms with Gasteiger partial charge in [0.2, 0.25) is 0 Å². The largest absolute Gasteiger partial charge is 0.507 e. The van der Waals surface area contributed by atoms with Crippen LogP contribution >= 0.6 is 11.3 Å². The van der Waals surface area contributed by atoms with Crippen molar-refractivity contribution in [3.63, 3.8) is 0 Å². The third-order valence-corrected chi connectivity index (χ3v) is 7.59. The highest BCUT2D eigenvalue weighted by Crippen LogP contribution is 2.46. The van der Waals surface area contributed by atoms with Gasteiger partial charge >= 0.3 is 0 Å². The van der Waals surface area contributed by atoms with Crippen LogP contribution in [0.5, 0.6) is 5.75 Å². The number of ether oxygens (including phenoxy) is 1. The van der Waals surface area contributed by atoms with Crippen molar-refractivity contribution >= 4 is 28.8 Å². The first-order valence-corrected chi connectivity index (χ1v) is 11.5. The molecule has 1 aliphatic carbocycles. The number of fused-ring (bicyclic) bond motifs is 1. The average Bonchev–Trinajstić information content (AvgIpc) is 3.49. The molecule has 0 bridgehead atoms. The zero-order valence-corrected chi connectivity index (χ0v) is 18.0. The summed E-state index contributed by atoms with van der Waals surface area (Å²) in [7, 11) is 0. The maximum Gasteiger partial charge on any atom is 0.295 e. The molecular weight excluding hydrogens is 398 g/mol. The summed E-state index contributed by atoms with van der Waals surface area (Å²) in [6.45, 7) is 4.00. The van der Waals surface area contributed by atoms with Crippen LogP contribution in [0.4, 0.5) is 0 Å². The molecule has 0 spiro atoms. The number of benzene rings is 1. The van der Waals surface area contributed by atoms with Crippen molar-refractivity contribution in [3.05, 3.63) is 56.8 Å². The molecule has 3 heterocycles. The van der Waals surface area contributed by atoms with Gasteiger partial charge in [0.15, 0.2) is 0 Å². The lowest BCUT2D eigenvalue weighted by Gasteiger charge is -2.30. The van der Waals surface area contributed by atoms with Crippen LogP contribution in [0.15, 0.2) is 35.2 Å². The molecule has 2 atom stereocenters. The Morgan fingerprint density at radius 3 is 2.67 bits per heavy atom. The Bertz CT molecular complexity index is 1060. The van der Waals surface area contributed by atoms with Crippen molar-refractivity contribution in [2.45, 2.75) is 64.1 Å². The van der Waals surface area contributed by atoms with Gasteiger partial charge in [-0.15, -0.1) is 11.3 Å². The van der Waals surface area contributed by atoms with E-state index < -0.39 is 17.7 Å². The van der Waals surface area contributed by atoms with Crippen molar-refractivity contribution < 1.29 is 19.4 Å². The van der Waals surface area contributed by atoms with Gasteiger partial charge in [-0.25, -0.2) is 0 Å². The maximum atomic E-state index is 13.2. The number of Topliss-reactive ketones (excluding diaryl/α,β-unsaturated/α-hetero) is 1. The van der Waals surface area contributed by atoms with Gasteiger partial charge in [-0.1, -0.05) is 12.8 Å². The van der Waals surface area contributed by atoms with Gasteiger partial charge in [-0.2, -0.15) is 0 Å². The minimum atomic E-state index is -0.581. The number of aryl methyl sites for hydroxylation is 1. The lowest BCUT2D eigenvalue weighted by molar-refractivity contribution is -0.141.